The van der Waals surface area contributed by atoms with Crippen molar-refractivity contribution in [2.45, 2.75) is 33.3 Å². The van der Waals surface area contributed by atoms with Gasteiger partial charge in [0.2, 0.25) is 0 Å². The minimum atomic E-state index is -0.729. The first-order valence-electron chi connectivity index (χ1n) is 8.49. The molecule has 0 radical (unpaired) electrons. The average molecular weight is 387 g/mol. The van der Waals surface area contributed by atoms with E-state index in [0.29, 0.717) is 27.5 Å². The van der Waals surface area contributed by atoms with Crippen LogP contribution in [0.1, 0.15) is 46.8 Å². The molecule has 0 spiro atoms. The Morgan fingerprint density at radius 2 is 1.96 bits per heavy atom. The number of carbonyl (C=O) groups excluding carboxylic acids is 1. The summed E-state index contributed by atoms with van der Waals surface area (Å²) in [5, 5.41) is 10.8. The van der Waals surface area contributed by atoms with Crippen LogP contribution < -0.4 is 5.63 Å². The Morgan fingerprint density at radius 3 is 2.67 bits per heavy atom. The van der Waals surface area contributed by atoms with Crippen LogP contribution >= 0.6 is 11.6 Å². The zero-order valence-corrected chi connectivity index (χ0v) is 16.0. The molecule has 6 heteroatoms. The number of aromatic hydroxyl groups is 1. The highest BCUT2D eigenvalue weighted by Gasteiger charge is 2.16. The first-order valence-corrected chi connectivity index (χ1v) is 8.87. The topological polar surface area (TPSA) is 76.7 Å². The summed E-state index contributed by atoms with van der Waals surface area (Å²) >= 11 is 5.87. The van der Waals surface area contributed by atoms with Crippen molar-refractivity contribution in [3.8, 4) is 5.75 Å². The van der Waals surface area contributed by atoms with Crippen LogP contribution in [0.25, 0.3) is 11.0 Å². The lowest BCUT2D eigenvalue weighted by Gasteiger charge is -2.13. The largest absolute Gasteiger partial charge is 0.507 e. The number of benzene rings is 2. The molecule has 3 rings (SSSR count). The minimum Gasteiger partial charge on any atom is -0.507 e. The van der Waals surface area contributed by atoms with Crippen LogP contribution in [-0.4, -0.2) is 11.1 Å². The van der Waals surface area contributed by atoms with Gasteiger partial charge in [-0.05, 0) is 54.3 Å². The van der Waals surface area contributed by atoms with Crippen molar-refractivity contribution < 1.29 is 19.1 Å². The van der Waals surface area contributed by atoms with Crippen LogP contribution in [0.4, 0.5) is 0 Å². The third-order valence-electron chi connectivity index (χ3n) is 4.38. The molecule has 0 saturated heterocycles. The van der Waals surface area contributed by atoms with E-state index < -0.39 is 11.6 Å². The second kappa shape index (κ2) is 7.45. The summed E-state index contributed by atoms with van der Waals surface area (Å²) in [7, 11) is 0. The van der Waals surface area contributed by atoms with E-state index in [1.54, 1.807) is 0 Å². The Kier molecular flexibility index (Phi) is 5.24. The number of phenolic OH excluding ortho intramolecular Hbond substituents is 1. The number of esters is 1. The molecule has 0 aliphatic heterocycles. The van der Waals surface area contributed by atoms with E-state index in [9.17, 15) is 14.7 Å². The number of hydrogen-bond donors (Lipinski definition) is 1. The molecule has 0 aliphatic carbocycles. The Balaban J connectivity index is 1.96. The van der Waals surface area contributed by atoms with Gasteiger partial charge < -0.3 is 14.3 Å². The number of halogens is 1. The third-order valence-corrected chi connectivity index (χ3v) is 4.61. The Labute approximate surface area is 161 Å². The van der Waals surface area contributed by atoms with Crippen molar-refractivity contribution in [1.82, 2.24) is 0 Å². The highest BCUT2D eigenvalue weighted by molar-refractivity contribution is 6.31. The fraction of sp³-hybridized carbons (Fsp3) is 0.238. The van der Waals surface area contributed by atoms with Crippen LogP contribution in [-0.2, 0) is 11.3 Å². The van der Waals surface area contributed by atoms with E-state index >= 15 is 0 Å². The molecular formula is C21H19ClO5. The summed E-state index contributed by atoms with van der Waals surface area (Å²) in [5.74, 6) is -0.660. The molecule has 1 heterocycles. The number of rotatable bonds is 4. The number of phenols is 1. The predicted molar refractivity (Wildman–Crippen MR) is 104 cm³/mol. The monoisotopic (exact) mass is 386 g/mol. The maximum absolute atomic E-state index is 12.3. The molecular weight excluding hydrogens is 368 g/mol. The van der Waals surface area contributed by atoms with Crippen LogP contribution in [0.2, 0.25) is 5.02 Å². The van der Waals surface area contributed by atoms with Crippen LogP contribution in [0.3, 0.4) is 0 Å². The van der Waals surface area contributed by atoms with Crippen LogP contribution in [0, 0.1) is 6.92 Å². The van der Waals surface area contributed by atoms with Crippen molar-refractivity contribution >= 4 is 28.5 Å². The SMILES string of the molecule is Cc1cc2oc(=O)cc(COC(=O)c3cc(Cl)ccc3O)c2cc1C(C)C. The second-order valence-electron chi connectivity index (χ2n) is 6.69. The average Bonchev–Trinajstić information content (AvgIpc) is 2.60. The van der Waals surface area contributed by atoms with E-state index in [4.69, 9.17) is 20.8 Å². The van der Waals surface area contributed by atoms with Gasteiger partial charge in [-0.1, -0.05) is 25.4 Å². The summed E-state index contributed by atoms with van der Waals surface area (Å²) < 4.78 is 10.6. The second-order valence-corrected chi connectivity index (χ2v) is 7.12. The van der Waals surface area contributed by atoms with Gasteiger partial charge >= 0.3 is 11.6 Å². The van der Waals surface area contributed by atoms with Crippen molar-refractivity contribution in [3.05, 3.63) is 74.1 Å². The van der Waals surface area contributed by atoms with Gasteiger partial charge in [-0.2, -0.15) is 0 Å². The summed E-state index contributed by atoms with van der Waals surface area (Å²) in [5.41, 5.74) is 2.58. The fourth-order valence-corrected chi connectivity index (χ4v) is 3.20. The number of carbonyl (C=O) groups is 1. The number of ether oxygens (including phenoxy) is 1. The van der Waals surface area contributed by atoms with Gasteiger partial charge in [-0.3, -0.25) is 0 Å². The van der Waals surface area contributed by atoms with E-state index in [-0.39, 0.29) is 17.9 Å². The smallest absolute Gasteiger partial charge is 0.342 e. The van der Waals surface area contributed by atoms with Crippen molar-refractivity contribution in [1.29, 1.82) is 0 Å². The van der Waals surface area contributed by atoms with Gasteiger partial charge in [-0.25, -0.2) is 9.59 Å². The number of fused-ring (bicyclic) bond motifs is 1. The normalized spacial score (nSPS) is 11.1. The van der Waals surface area contributed by atoms with Gasteiger partial charge in [0.25, 0.3) is 0 Å². The van der Waals surface area contributed by atoms with Gasteiger partial charge in [0.05, 0.1) is 0 Å². The first kappa shape index (κ1) is 19.0. The maximum Gasteiger partial charge on any atom is 0.342 e. The van der Waals surface area contributed by atoms with E-state index in [1.807, 2.05) is 19.1 Å². The number of hydrogen-bond acceptors (Lipinski definition) is 5. The lowest BCUT2D eigenvalue weighted by atomic mass is 9.95. The minimum absolute atomic E-state index is 0.0338. The summed E-state index contributed by atoms with van der Waals surface area (Å²) in [6.45, 7) is 5.99. The Bertz CT molecular complexity index is 1080. The Hall–Kier alpha value is -2.79. The Morgan fingerprint density at radius 1 is 1.22 bits per heavy atom. The molecule has 5 nitrogen and oxygen atoms in total. The molecule has 3 aromatic rings. The quantitative estimate of drug-likeness (QED) is 0.507. The summed E-state index contributed by atoms with van der Waals surface area (Å²) in [4.78, 5) is 24.2. The highest BCUT2D eigenvalue weighted by atomic mass is 35.5. The number of aryl methyl sites for hydroxylation is 1. The van der Waals surface area contributed by atoms with Gasteiger partial charge in [0.1, 0.15) is 23.5 Å². The van der Waals surface area contributed by atoms with Crippen molar-refractivity contribution in [3.63, 3.8) is 0 Å². The zero-order chi connectivity index (χ0) is 19.7. The predicted octanol–water partition coefficient (Wildman–Crippen LogP) is 4.94. The molecule has 0 unspecified atom stereocenters. The first-order chi connectivity index (χ1) is 12.8. The lowest BCUT2D eigenvalue weighted by Crippen LogP contribution is -2.08. The van der Waals surface area contributed by atoms with E-state index in [0.717, 1.165) is 11.1 Å². The highest BCUT2D eigenvalue weighted by Crippen LogP contribution is 2.28. The zero-order valence-electron chi connectivity index (χ0n) is 15.2. The molecule has 0 amide bonds. The summed E-state index contributed by atoms with van der Waals surface area (Å²) in [6.07, 6.45) is 0. The van der Waals surface area contributed by atoms with Crippen molar-refractivity contribution in [2.24, 2.45) is 0 Å². The van der Waals surface area contributed by atoms with E-state index in [2.05, 4.69) is 13.8 Å². The molecule has 0 aliphatic rings. The van der Waals surface area contributed by atoms with Gasteiger partial charge in [0, 0.05) is 22.0 Å². The lowest BCUT2D eigenvalue weighted by molar-refractivity contribution is 0.0470. The molecule has 0 saturated carbocycles. The van der Waals surface area contributed by atoms with Crippen LogP contribution in [0.5, 0.6) is 5.75 Å². The molecule has 0 bridgehead atoms. The van der Waals surface area contributed by atoms with E-state index in [1.165, 1.54) is 24.3 Å². The van der Waals surface area contributed by atoms with Gasteiger partial charge in [0.15, 0.2) is 0 Å². The molecule has 1 N–H and O–H groups in total. The molecule has 27 heavy (non-hydrogen) atoms. The van der Waals surface area contributed by atoms with Gasteiger partial charge in [-0.15, -0.1) is 0 Å². The fourth-order valence-electron chi connectivity index (χ4n) is 3.03. The molecule has 0 fully saturated rings. The maximum atomic E-state index is 12.3. The third kappa shape index (κ3) is 3.98. The van der Waals surface area contributed by atoms with Crippen LogP contribution in [0.15, 0.2) is 45.6 Å². The standard InChI is InChI=1S/C21H19ClO5/c1-11(2)15-9-16-13(7-20(24)27-19(16)6-12(15)3)10-26-21(25)17-8-14(22)4-5-18(17)23/h4-9,11,23H,10H2,1-3H3. The summed E-state index contributed by atoms with van der Waals surface area (Å²) in [6, 6.07) is 9.21. The van der Waals surface area contributed by atoms with Crippen molar-refractivity contribution in [2.75, 3.05) is 0 Å². The molecule has 1 aromatic heterocycles. The molecule has 2 aromatic carbocycles. The molecule has 0 atom stereocenters. The molecule has 140 valence electrons.